The summed E-state index contributed by atoms with van der Waals surface area (Å²) in [4.78, 5) is 12.4. The van der Waals surface area contributed by atoms with E-state index in [2.05, 4.69) is 10.6 Å². The lowest BCUT2D eigenvalue weighted by atomic mass is 9.89. The second kappa shape index (κ2) is 5.31. The Hall–Kier alpha value is -2.59. The molecule has 2 atom stereocenters. The molecule has 0 saturated carbocycles. The third kappa shape index (κ3) is 2.09. The Morgan fingerprint density at radius 2 is 1.55 bits per heavy atom. The van der Waals surface area contributed by atoms with E-state index in [-0.39, 0.29) is 18.1 Å². The van der Waals surface area contributed by atoms with E-state index in [0.29, 0.717) is 6.67 Å². The second-order valence-electron chi connectivity index (χ2n) is 5.41. The molecular weight excluding hydrogens is 276 g/mol. The second-order valence-corrected chi connectivity index (χ2v) is 5.41. The van der Waals surface area contributed by atoms with E-state index in [1.165, 1.54) is 0 Å². The molecule has 4 heteroatoms. The van der Waals surface area contributed by atoms with Crippen molar-refractivity contribution in [1.82, 2.24) is 10.6 Å². The van der Waals surface area contributed by atoms with Crippen LogP contribution in [0.4, 0.5) is 0 Å². The summed E-state index contributed by atoms with van der Waals surface area (Å²) in [6.07, 6.45) is -0.306. The van der Waals surface area contributed by atoms with Gasteiger partial charge in [-0.25, -0.2) is 0 Å². The minimum absolute atomic E-state index is 0.00790. The fourth-order valence-corrected chi connectivity index (χ4v) is 3.07. The molecule has 0 spiro atoms. The molecule has 22 heavy (non-hydrogen) atoms. The third-order valence-corrected chi connectivity index (χ3v) is 4.07. The molecule has 0 bridgehead atoms. The van der Waals surface area contributed by atoms with Crippen molar-refractivity contribution in [3.8, 4) is 0 Å². The molecule has 2 aromatic carbocycles. The van der Waals surface area contributed by atoms with E-state index in [4.69, 9.17) is 4.74 Å². The number of nitrogens with one attached hydrogen (secondary N) is 2. The molecule has 2 aliphatic rings. The van der Waals surface area contributed by atoms with Gasteiger partial charge in [0.1, 0.15) is 11.7 Å². The largest absolute Gasteiger partial charge is 0.473 e. The van der Waals surface area contributed by atoms with Crippen molar-refractivity contribution in [1.29, 1.82) is 0 Å². The average molecular weight is 292 g/mol. The first-order valence-corrected chi connectivity index (χ1v) is 7.37. The van der Waals surface area contributed by atoms with Crippen LogP contribution < -0.4 is 10.6 Å². The van der Waals surface area contributed by atoms with Crippen LogP contribution in [0.1, 0.15) is 11.1 Å². The third-order valence-electron chi connectivity index (χ3n) is 4.07. The molecule has 2 aromatic rings. The van der Waals surface area contributed by atoms with Crippen molar-refractivity contribution in [2.24, 2.45) is 5.92 Å². The quantitative estimate of drug-likeness (QED) is 0.892. The van der Waals surface area contributed by atoms with Crippen molar-refractivity contribution < 1.29 is 9.53 Å². The van der Waals surface area contributed by atoms with Crippen LogP contribution in [0.25, 0.3) is 11.3 Å². The van der Waals surface area contributed by atoms with Crippen LogP contribution in [0.3, 0.4) is 0 Å². The Balaban J connectivity index is 1.89. The molecule has 4 rings (SSSR count). The molecular formula is C18H16N2O2. The summed E-state index contributed by atoms with van der Waals surface area (Å²) in [5, 5.41) is 6.08. The smallest absolute Gasteiger partial charge is 0.233 e. The summed E-state index contributed by atoms with van der Waals surface area (Å²) < 4.78 is 6.10. The highest BCUT2D eigenvalue weighted by Gasteiger charge is 2.44. The number of rotatable bonds is 2. The van der Waals surface area contributed by atoms with Gasteiger partial charge in [0.15, 0.2) is 6.23 Å². The molecule has 0 aliphatic carbocycles. The SMILES string of the molecule is O=C1NCNC2OC(c3ccccc3)=C(c3ccccc3)C12. The maximum Gasteiger partial charge on any atom is 0.233 e. The fourth-order valence-electron chi connectivity index (χ4n) is 3.07. The maximum absolute atomic E-state index is 12.4. The number of carbonyl (C=O) groups is 1. The fraction of sp³-hybridized carbons (Fsp3) is 0.167. The summed E-state index contributed by atoms with van der Waals surface area (Å²) in [5.41, 5.74) is 2.96. The first-order chi connectivity index (χ1) is 10.8. The van der Waals surface area contributed by atoms with Gasteiger partial charge in [0, 0.05) is 11.1 Å². The Kier molecular flexibility index (Phi) is 3.16. The number of hydrogen-bond acceptors (Lipinski definition) is 3. The van der Waals surface area contributed by atoms with Crippen LogP contribution in [0.2, 0.25) is 0 Å². The zero-order chi connectivity index (χ0) is 14.9. The Morgan fingerprint density at radius 3 is 2.23 bits per heavy atom. The highest BCUT2D eigenvalue weighted by Crippen LogP contribution is 2.42. The lowest BCUT2D eigenvalue weighted by Crippen LogP contribution is -2.54. The molecule has 4 nitrogen and oxygen atoms in total. The summed E-state index contributed by atoms with van der Waals surface area (Å²) in [6, 6.07) is 19.9. The molecule has 2 heterocycles. The molecule has 1 saturated heterocycles. The minimum Gasteiger partial charge on any atom is -0.473 e. The van der Waals surface area contributed by atoms with Gasteiger partial charge in [0.05, 0.1) is 6.67 Å². The maximum atomic E-state index is 12.4. The van der Waals surface area contributed by atoms with Crippen LogP contribution in [0.15, 0.2) is 60.7 Å². The summed E-state index contributed by atoms with van der Waals surface area (Å²) in [5.74, 6) is 0.464. The molecule has 1 fully saturated rings. The Labute approximate surface area is 128 Å². The summed E-state index contributed by atoms with van der Waals surface area (Å²) in [6.45, 7) is 0.435. The number of amides is 1. The van der Waals surface area contributed by atoms with Gasteiger partial charge in [0.25, 0.3) is 0 Å². The predicted molar refractivity (Wildman–Crippen MR) is 84.2 cm³/mol. The van der Waals surface area contributed by atoms with Crippen molar-refractivity contribution in [3.05, 3.63) is 71.8 Å². The average Bonchev–Trinajstić information content (AvgIpc) is 2.97. The molecule has 2 N–H and O–H groups in total. The van der Waals surface area contributed by atoms with E-state index < -0.39 is 0 Å². The predicted octanol–water partition coefficient (Wildman–Crippen LogP) is 2.20. The first kappa shape index (κ1) is 13.1. The minimum atomic E-state index is -0.327. The molecule has 110 valence electrons. The van der Waals surface area contributed by atoms with Gasteiger partial charge < -0.3 is 10.1 Å². The first-order valence-electron chi connectivity index (χ1n) is 7.37. The Bertz CT molecular complexity index is 725. The van der Waals surface area contributed by atoms with Gasteiger partial charge in [-0.3, -0.25) is 10.1 Å². The zero-order valence-corrected chi connectivity index (χ0v) is 12.0. The summed E-state index contributed by atoms with van der Waals surface area (Å²) >= 11 is 0. The molecule has 0 radical (unpaired) electrons. The van der Waals surface area contributed by atoms with Crippen molar-refractivity contribution in [2.45, 2.75) is 6.23 Å². The van der Waals surface area contributed by atoms with E-state index in [1.807, 2.05) is 60.7 Å². The normalized spacial score (nSPS) is 23.7. The zero-order valence-electron chi connectivity index (χ0n) is 12.0. The summed E-state index contributed by atoms with van der Waals surface area (Å²) in [7, 11) is 0. The van der Waals surface area contributed by atoms with Crippen molar-refractivity contribution >= 4 is 17.2 Å². The highest BCUT2D eigenvalue weighted by atomic mass is 16.5. The van der Waals surface area contributed by atoms with Gasteiger partial charge in [0.2, 0.25) is 5.91 Å². The lowest BCUT2D eigenvalue weighted by Gasteiger charge is -2.27. The van der Waals surface area contributed by atoms with Crippen molar-refractivity contribution in [3.63, 3.8) is 0 Å². The van der Waals surface area contributed by atoms with Crippen LogP contribution in [-0.2, 0) is 9.53 Å². The van der Waals surface area contributed by atoms with Crippen molar-refractivity contribution in [2.75, 3.05) is 6.67 Å². The lowest BCUT2D eigenvalue weighted by molar-refractivity contribution is -0.128. The molecule has 2 unspecified atom stereocenters. The van der Waals surface area contributed by atoms with Crippen LogP contribution in [0.5, 0.6) is 0 Å². The molecule has 1 amide bonds. The van der Waals surface area contributed by atoms with Gasteiger partial charge in [-0.1, -0.05) is 60.7 Å². The molecule has 2 aliphatic heterocycles. The van der Waals surface area contributed by atoms with E-state index in [1.54, 1.807) is 0 Å². The van der Waals surface area contributed by atoms with Gasteiger partial charge >= 0.3 is 0 Å². The van der Waals surface area contributed by atoms with E-state index in [0.717, 1.165) is 22.5 Å². The number of fused-ring (bicyclic) bond motifs is 1. The van der Waals surface area contributed by atoms with Crippen LogP contribution in [0, 0.1) is 5.92 Å². The highest BCUT2D eigenvalue weighted by molar-refractivity contribution is 6.02. The molecule has 0 aromatic heterocycles. The topological polar surface area (TPSA) is 50.4 Å². The van der Waals surface area contributed by atoms with E-state index >= 15 is 0 Å². The van der Waals surface area contributed by atoms with Gasteiger partial charge in [-0.2, -0.15) is 0 Å². The standard InChI is InChI=1S/C18H16N2O2/c21-17-15-14(12-7-3-1-4-8-12)16(13-9-5-2-6-10-13)22-18(15)20-11-19-17/h1-10,15,18,20H,11H2,(H,19,21). The van der Waals surface area contributed by atoms with Gasteiger partial charge in [-0.05, 0) is 5.56 Å². The van der Waals surface area contributed by atoms with Crippen LogP contribution >= 0.6 is 0 Å². The monoisotopic (exact) mass is 292 g/mol. The van der Waals surface area contributed by atoms with Crippen LogP contribution in [-0.4, -0.2) is 18.8 Å². The van der Waals surface area contributed by atoms with E-state index in [9.17, 15) is 4.79 Å². The number of hydrogen-bond donors (Lipinski definition) is 2. The van der Waals surface area contributed by atoms with Gasteiger partial charge in [-0.15, -0.1) is 0 Å². The number of carbonyl (C=O) groups excluding carboxylic acids is 1. The number of benzene rings is 2. The number of ether oxygens (including phenoxy) is 1. The Morgan fingerprint density at radius 1 is 0.909 bits per heavy atom.